The minimum absolute atomic E-state index is 0.210. The Balaban J connectivity index is 2.61. The molecule has 1 fully saturated rings. The zero-order valence-electron chi connectivity index (χ0n) is 8.59. The van der Waals surface area contributed by atoms with Crippen molar-refractivity contribution in [2.24, 2.45) is 5.92 Å². The highest BCUT2D eigenvalue weighted by atomic mass is 32.2. The third-order valence-corrected chi connectivity index (χ3v) is 4.16. The quantitative estimate of drug-likeness (QED) is 0.764. The van der Waals surface area contributed by atoms with Gasteiger partial charge in [0.2, 0.25) is 0 Å². The van der Waals surface area contributed by atoms with Gasteiger partial charge >= 0.3 is 15.5 Å². The fourth-order valence-corrected chi connectivity index (χ4v) is 2.58. The molecule has 4 nitrogen and oxygen atoms in total. The Kier molecular flexibility index (Phi) is 4.19. The van der Waals surface area contributed by atoms with E-state index in [-0.39, 0.29) is 5.92 Å². The van der Waals surface area contributed by atoms with Gasteiger partial charge in [0, 0.05) is 5.92 Å². The van der Waals surface area contributed by atoms with Gasteiger partial charge in [-0.05, 0) is 12.8 Å². The monoisotopic (exact) mass is 261 g/mol. The van der Waals surface area contributed by atoms with E-state index in [1.165, 1.54) is 0 Å². The summed E-state index contributed by atoms with van der Waals surface area (Å²) in [5.41, 5.74) is -5.46. The van der Waals surface area contributed by atoms with Crippen molar-refractivity contribution in [2.45, 2.75) is 37.6 Å². The van der Waals surface area contributed by atoms with Crippen molar-refractivity contribution in [1.82, 2.24) is 0 Å². The Hall–Kier alpha value is -0.340. The average Bonchev–Trinajstić information content (AvgIpc) is 2.17. The molecular formula is C8H14F3NO3S. The predicted molar refractivity (Wildman–Crippen MR) is 50.7 cm³/mol. The normalized spacial score (nSPS) is 22.0. The standard InChI is InChI=1S/C8H14F3NO3S/c9-8(10,11)16(14,15)12(13)6-7-4-2-1-3-5-7/h7,12H,1-6H2. The highest BCUT2D eigenvalue weighted by Crippen LogP contribution is 2.23. The van der Waals surface area contributed by atoms with Crippen molar-refractivity contribution in [2.75, 3.05) is 6.54 Å². The fourth-order valence-electron chi connectivity index (χ4n) is 1.87. The first-order valence-corrected chi connectivity index (χ1v) is 6.57. The first kappa shape index (κ1) is 13.7. The van der Waals surface area contributed by atoms with Crippen LogP contribution in [0.1, 0.15) is 32.1 Å². The molecule has 1 N–H and O–H groups in total. The third-order valence-electron chi connectivity index (χ3n) is 2.78. The molecule has 0 spiro atoms. The van der Waals surface area contributed by atoms with Crippen LogP contribution in [0, 0.1) is 11.1 Å². The van der Waals surface area contributed by atoms with Crippen molar-refractivity contribution >= 4 is 10.0 Å². The topological polar surface area (TPSA) is 61.6 Å². The molecule has 0 aliphatic heterocycles. The molecule has 0 radical (unpaired) electrons. The van der Waals surface area contributed by atoms with Crippen LogP contribution in [0.25, 0.3) is 0 Å². The second-order valence-corrected chi connectivity index (χ2v) is 5.95. The number of quaternary nitrogens is 1. The van der Waals surface area contributed by atoms with Crippen LogP contribution >= 0.6 is 0 Å². The summed E-state index contributed by atoms with van der Waals surface area (Å²) in [5.74, 6) is -0.210. The summed E-state index contributed by atoms with van der Waals surface area (Å²) in [4.78, 5) is 0. The lowest BCUT2D eigenvalue weighted by Crippen LogP contribution is -3.11. The number of hydroxylamine groups is 1. The van der Waals surface area contributed by atoms with Crippen molar-refractivity contribution in [3.63, 3.8) is 0 Å². The first-order valence-electron chi connectivity index (χ1n) is 5.09. The van der Waals surface area contributed by atoms with Gasteiger partial charge in [-0.25, -0.2) is 0 Å². The van der Waals surface area contributed by atoms with E-state index in [1.54, 1.807) is 0 Å². The average molecular weight is 261 g/mol. The molecule has 0 aromatic carbocycles. The van der Waals surface area contributed by atoms with E-state index < -0.39 is 26.5 Å². The van der Waals surface area contributed by atoms with Crippen LogP contribution in [0.5, 0.6) is 0 Å². The highest BCUT2D eigenvalue weighted by molar-refractivity contribution is 7.86. The number of hydrogen-bond acceptors (Lipinski definition) is 3. The summed E-state index contributed by atoms with van der Waals surface area (Å²) in [6.07, 6.45) is 3.98. The SMILES string of the molecule is O=S(=O)([NH+]([O-])CC1CCCCC1)C(F)(F)F. The molecule has 0 aromatic heterocycles. The van der Waals surface area contributed by atoms with Gasteiger partial charge in [-0.2, -0.15) is 21.6 Å². The van der Waals surface area contributed by atoms with E-state index in [1.807, 2.05) is 0 Å². The second-order valence-electron chi connectivity index (χ2n) is 4.03. The lowest BCUT2D eigenvalue weighted by Gasteiger charge is -2.28. The van der Waals surface area contributed by atoms with Crippen molar-refractivity contribution in [3.05, 3.63) is 5.21 Å². The molecule has 8 heteroatoms. The Morgan fingerprint density at radius 1 is 1.19 bits per heavy atom. The lowest BCUT2D eigenvalue weighted by atomic mass is 9.89. The molecule has 1 rings (SSSR count). The van der Waals surface area contributed by atoms with E-state index in [2.05, 4.69) is 0 Å². The van der Waals surface area contributed by atoms with Crippen molar-refractivity contribution in [1.29, 1.82) is 0 Å². The summed E-state index contributed by atoms with van der Waals surface area (Å²) < 4.78 is 55.9. The molecule has 0 heterocycles. The van der Waals surface area contributed by atoms with Crippen LogP contribution in [0.3, 0.4) is 0 Å². The van der Waals surface area contributed by atoms with E-state index in [4.69, 9.17) is 0 Å². The molecular weight excluding hydrogens is 247 g/mol. The van der Waals surface area contributed by atoms with E-state index in [0.717, 1.165) is 19.3 Å². The lowest BCUT2D eigenvalue weighted by molar-refractivity contribution is -0.717. The molecule has 0 saturated heterocycles. The minimum Gasteiger partial charge on any atom is -0.618 e. The maximum absolute atomic E-state index is 12.0. The van der Waals surface area contributed by atoms with E-state index >= 15 is 0 Å². The van der Waals surface area contributed by atoms with Gasteiger partial charge in [0.15, 0.2) is 0 Å². The van der Waals surface area contributed by atoms with Crippen LogP contribution in [0.2, 0.25) is 0 Å². The highest BCUT2D eigenvalue weighted by Gasteiger charge is 2.51. The number of alkyl halides is 3. The Bertz CT molecular complexity index is 322. The number of rotatable bonds is 3. The maximum Gasteiger partial charge on any atom is 0.549 e. The van der Waals surface area contributed by atoms with Gasteiger partial charge in [0.25, 0.3) is 0 Å². The van der Waals surface area contributed by atoms with Gasteiger partial charge in [-0.3, -0.25) is 4.47 Å². The largest absolute Gasteiger partial charge is 0.618 e. The summed E-state index contributed by atoms with van der Waals surface area (Å²) >= 11 is 0. The molecule has 96 valence electrons. The molecule has 0 amide bonds. The molecule has 0 aromatic rings. The fraction of sp³-hybridized carbons (Fsp3) is 1.00. The van der Waals surface area contributed by atoms with Gasteiger partial charge < -0.3 is 5.21 Å². The van der Waals surface area contributed by atoms with Gasteiger partial charge in [-0.1, -0.05) is 19.3 Å². The summed E-state index contributed by atoms with van der Waals surface area (Å²) in [5, 5.41) is 11.1. The molecule has 1 aliphatic carbocycles. The van der Waals surface area contributed by atoms with Gasteiger partial charge in [-0.15, -0.1) is 0 Å². The van der Waals surface area contributed by atoms with Gasteiger partial charge in [0.1, 0.15) is 0 Å². The predicted octanol–water partition coefficient (Wildman–Crippen LogP) is 0.799. The van der Waals surface area contributed by atoms with Crippen molar-refractivity contribution < 1.29 is 26.1 Å². The number of halogens is 3. The first-order chi connectivity index (χ1) is 7.25. The van der Waals surface area contributed by atoms with Gasteiger partial charge in [0.05, 0.1) is 6.54 Å². The molecule has 1 saturated carbocycles. The van der Waals surface area contributed by atoms with E-state index in [0.29, 0.717) is 12.8 Å². The Labute approximate surface area is 92.1 Å². The van der Waals surface area contributed by atoms with Crippen LogP contribution in [-0.4, -0.2) is 20.5 Å². The number of sulfonamides is 1. The number of hydrogen-bond donors (Lipinski definition) is 1. The molecule has 1 unspecified atom stereocenters. The molecule has 0 bridgehead atoms. The zero-order chi connectivity index (χ0) is 12.4. The van der Waals surface area contributed by atoms with E-state index in [9.17, 15) is 26.8 Å². The smallest absolute Gasteiger partial charge is 0.549 e. The summed E-state index contributed by atoms with van der Waals surface area (Å²) in [6, 6.07) is 0. The Morgan fingerprint density at radius 3 is 2.12 bits per heavy atom. The Morgan fingerprint density at radius 2 is 1.69 bits per heavy atom. The summed E-state index contributed by atoms with van der Waals surface area (Å²) in [6.45, 7) is -0.498. The number of nitrogens with one attached hydrogen (secondary N) is 1. The molecule has 1 aliphatic rings. The maximum atomic E-state index is 12.0. The molecule has 1 atom stereocenters. The van der Waals surface area contributed by atoms with Crippen LogP contribution in [0.15, 0.2) is 0 Å². The van der Waals surface area contributed by atoms with Crippen LogP contribution < -0.4 is 4.47 Å². The van der Waals surface area contributed by atoms with Crippen LogP contribution in [-0.2, 0) is 10.0 Å². The second kappa shape index (κ2) is 4.89. The minimum atomic E-state index is -5.61. The summed E-state index contributed by atoms with van der Waals surface area (Å²) in [7, 11) is -5.61. The molecule has 16 heavy (non-hydrogen) atoms. The van der Waals surface area contributed by atoms with Crippen LogP contribution in [0.4, 0.5) is 13.2 Å². The third kappa shape index (κ3) is 3.08. The van der Waals surface area contributed by atoms with Crippen molar-refractivity contribution in [3.8, 4) is 0 Å². The zero-order valence-corrected chi connectivity index (χ0v) is 9.40.